The van der Waals surface area contributed by atoms with Gasteiger partial charge in [-0.1, -0.05) is 0 Å². The molecular weight excluding hydrogens is 420 g/mol. The summed E-state index contributed by atoms with van der Waals surface area (Å²) < 4.78 is 36.5. The van der Waals surface area contributed by atoms with Gasteiger partial charge in [0.1, 0.15) is 17.0 Å². The molecule has 3 heterocycles. The fourth-order valence-corrected chi connectivity index (χ4v) is 3.27. The Morgan fingerprint density at radius 1 is 1.19 bits per heavy atom. The number of rotatable bonds is 7. The molecule has 1 aromatic carbocycles. The average Bonchev–Trinajstić information content (AvgIpc) is 3.24. The Hall–Kier alpha value is -3.86. The minimum atomic E-state index is -1.11. The summed E-state index contributed by atoms with van der Waals surface area (Å²) in [6.07, 6.45) is 5.06. The molecule has 9 nitrogen and oxygen atoms in total. The Bertz CT molecular complexity index is 1280. The fraction of sp³-hybridized carbons (Fsp3) is 0.238. The van der Waals surface area contributed by atoms with Crippen molar-refractivity contribution in [2.75, 3.05) is 32.1 Å². The van der Waals surface area contributed by atoms with Gasteiger partial charge < -0.3 is 20.1 Å². The number of nitrogens with one attached hydrogen (secondary N) is 1. The van der Waals surface area contributed by atoms with Crippen LogP contribution in [0.4, 0.5) is 20.3 Å². The quantitative estimate of drug-likeness (QED) is 0.452. The molecule has 4 rings (SSSR count). The van der Waals surface area contributed by atoms with Crippen molar-refractivity contribution in [3.05, 3.63) is 48.4 Å². The molecule has 166 valence electrons. The van der Waals surface area contributed by atoms with Crippen LogP contribution in [0.5, 0.6) is 11.5 Å². The summed E-state index contributed by atoms with van der Waals surface area (Å²) in [5.74, 6) is -2.84. The third-order valence-electron chi connectivity index (χ3n) is 4.87. The van der Waals surface area contributed by atoms with E-state index >= 15 is 4.39 Å². The zero-order chi connectivity index (χ0) is 22.8. The van der Waals surface area contributed by atoms with Crippen molar-refractivity contribution in [2.45, 2.75) is 0 Å². The van der Waals surface area contributed by atoms with Crippen molar-refractivity contribution in [3.63, 3.8) is 0 Å². The first-order valence-corrected chi connectivity index (χ1v) is 9.72. The lowest BCUT2D eigenvalue weighted by atomic mass is 10.2. The predicted octanol–water partition coefficient (Wildman–Crippen LogP) is 2.78. The first-order valence-electron chi connectivity index (χ1n) is 9.72. The number of pyridine rings is 1. The van der Waals surface area contributed by atoms with Crippen molar-refractivity contribution in [1.29, 1.82) is 0 Å². The van der Waals surface area contributed by atoms with E-state index in [9.17, 15) is 9.50 Å². The van der Waals surface area contributed by atoms with Gasteiger partial charge in [-0.25, -0.2) is 18.7 Å². The van der Waals surface area contributed by atoms with Gasteiger partial charge in [0.15, 0.2) is 28.8 Å². The lowest BCUT2D eigenvalue weighted by Crippen LogP contribution is -2.29. The number of aromatic nitrogens is 5. The molecule has 3 aromatic heterocycles. The molecule has 0 unspecified atom stereocenters. The molecule has 0 aliphatic rings. The van der Waals surface area contributed by atoms with Crippen LogP contribution in [0.1, 0.15) is 0 Å². The second-order valence-electron chi connectivity index (χ2n) is 7.00. The Morgan fingerprint density at radius 2 is 2.00 bits per heavy atom. The molecule has 0 atom stereocenters. The molecule has 0 fully saturated rings. The minimum absolute atomic E-state index is 0.158. The number of methoxy groups -OCH3 is 1. The van der Waals surface area contributed by atoms with Crippen LogP contribution in [0.25, 0.3) is 22.4 Å². The molecule has 0 radical (unpaired) electrons. The van der Waals surface area contributed by atoms with Crippen LogP contribution in [0.15, 0.2) is 36.8 Å². The number of anilines is 2. The highest BCUT2D eigenvalue weighted by Gasteiger charge is 2.26. The summed E-state index contributed by atoms with van der Waals surface area (Å²) in [5.41, 5.74) is 1.67. The first-order chi connectivity index (χ1) is 15.4. The van der Waals surface area contributed by atoms with E-state index in [1.54, 1.807) is 49.5 Å². The number of aryl methyl sites for hydroxylation is 1. The van der Waals surface area contributed by atoms with E-state index < -0.39 is 23.1 Å². The summed E-state index contributed by atoms with van der Waals surface area (Å²) in [6.45, 7) is 0.545. The number of nitrogens with zero attached hydrogens (tertiary/aromatic N) is 6. The summed E-state index contributed by atoms with van der Waals surface area (Å²) in [5, 5.41) is 17.1. The van der Waals surface area contributed by atoms with E-state index in [1.807, 2.05) is 0 Å². The minimum Gasteiger partial charge on any atom is -0.505 e. The SMILES string of the molecule is CNCCN(c1ccc2ncc(-c3cnn(C)c3)nc2n1)c1c(F)c(O)cc(OC)c1F. The molecule has 0 saturated heterocycles. The Kier molecular flexibility index (Phi) is 5.82. The summed E-state index contributed by atoms with van der Waals surface area (Å²) in [6, 6.07) is 4.15. The number of phenolic OH excluding ortho intramolecular Hbond substituents is 1. The second kappa shape index (κ2) is 8.71. The maximum absolute atomic E-state index is 15.1. The van der Waals surface area contributed by atoms with Crippen LogP contribution in [-0.2, 0) is 7.05 Å². The molecule has 0 saturated carbocycles. The van der Waals surface area contributed by atoms with E-state index in [1.165, 1.54) is 12.0 Å². The number of hydrogen-bond acceptors (Lipinski definition) is 8. The first kappa shape index (κ1) is 21.4. The van der Waals surface area contributed by atoms with Gasteiger partial charge in [-0.2, -0.15) is 5.10 Å². The molecular formula is C21H21F2N7O2. The van der Waals surface area contributed by atoms with Gasteiger partial charge in [0.05, 0.1) is 25.2 Å². The summed E-state index contributed by atoms with van der Waals surface area (Å²) >= 11 is 0. The van der Waals surface area contributed by atoms with Gasteiger partial charge in [-0.05, 0) is 19.2 Å². The maximum Gasteiger partial charge on any atom is 0.191 e. The van der Waals surface area contributed by atoms with E-state index in [4.69, 9.17) is 4.74 Å². The number of halogens is 2. The van der Waals surface area contributed by atoms with Gasteiger partial charge in [0.25, 0.3) is 0 Å². The van der Waals surface area contributed by atoms with Crippen LogP contribution >= 0.6 is 0 Å². The number of ether oxygens (including phenoxy) is 1. The zero-order valence-electron chi connectivity index (χ0n) is 17.7. The highest BCUT2D eigenvalue weighted by atomic mass is 19.1. The van der Waals surface area contributed by atoms with Gasteiger partial charge in [0, 0.05) is 38.0 Å². The molecule has 11 heteroatoms. The molecule has 4 aromatic rings. The standard InChI is InChI=1S/C21H21F2N7O2/c1-24-6-7-30(20-18(22)15(31)8-16(32-3)19(20)23)17-5-4-13-21(28-17)27-14(10-25-13)12-9-26-29(2)11-12/h4-5,8-11,24,31H,6-7H2,1-3H3. The third-order valence-corrected chi connectivity index (χ3v) is 4.87. The van der Waals surface area contributed by atoms with E-state index in [0.717, 1.165) is 11.6 Å². The van der Waals surface area contributed by atoms with E-state index in [-0.39, 0.29) is 18.1 Å². The highest BCUT2D eigenvalue weighted by molar-refractivity contribution is 5.77. The largest absolute Gasteiger partial charge is 0.505 e. The van der Waals surface area contributed by atoms with Gasteiger partial charge in [-0.3, -0.25) is 9.67 Å². The average molecular weight is 441 g/mol. The summed E-state index contributed by atoms with van der Waals surface area (Å²) in [4.78, 5) is 14.7. The number of benzene rings is 1. The lowest BCUT2D eigenvalue weighted by Gasteiger charge is -2.25. The van der Waals surface area contributed by atoms with E-state index in [2.05, 4.69) is 25.4 Å². The Balaban J connectivity index is 1.85. The maximum atomic E-state index is 15.1. The molecule has 2 N–H and O–H groups in total. The number of aromatic hydroxyl groups is 1. The number of hydrogen-bond donors (Lipinski definition) is 2. The molecule has 0 amide bonds. The number of fused-ring (bicyclic) bond motifs is 1. The zero-order valence-corrected chi connectivity index (χ0v) is 17.7. The monoisotopic (exact) mass is 441 g/mol. The van der Waals surface area contributed by atoms with Crippen LogP contribution in [0, 0.1) is 11.6 Å². The molecule has 0 bridgehead atoms. The van der Waals surface area contributed by atoms with E-state index in [0.29, 0.717) is 23.4 Å². The molecule has 0 aliphatic heterocycles. The van der Waals surface area contributed by atoms with Crippen LogP contribution in [0.2, 0.25) is 0 Å². The van der Waals surface area contributed by atoms with Crippen molar-refractivity contribution in [2.24, 2.45) is 7.05 Å². The van der Waals surface area contributed by atoms with Crippen molar-refractivity contribution >= 4 is 22.7 Å². The van der Waals surface area contributed by atoms with Crippen LogP contribution < -0.4 is 15.0 Å². The second-order valence-corrected chi connectivity index (χ2v) is 7.00. The molecule has 0 aliphatic carbocycles. The Morgan fingerprint density at radius 3 is 2.69 bits per heavy atom. The van der Waals surface area contributed by atoms with Gasteiger partial charge in [-0.15, -0.1) is 0 Å². The highest BCUT2D eigenvalue weighted by Crippen LogP contribution is 2.39. The molecule has 0 spiro atoms. The van der Waals surface area contributed by atoms with Crippen LogP contribution in [0.3, 0.4) is 0 Å². The predicted molar refractivity (Wildman–Crippen MR) is 115 cm³/mol. The van der Waals surface area contributed by atoms with Gasteiger partial charge in [0.2, 0.25) is 0 Å². The molecule has 32 heavy (non-hydrogen) atoms. The number of likely N-dealkylation sites (N-methyl/N-ethyl adjacent to an activating group) is 1. The summed E-state index contributed by atoms with van der Waals surface area (Å²) in [7, 11) is 4.75. The smallest absolute Gasteiger partial charge is 0.191 e. The number of phenols is 1. The topological polar surface area (TPSA) is 101 Å². The fourth-order valence-electron chi connectivity index (χ4n) is 3.27. The van der Waals surface area contributed by atoms with Crippen LogP contribution in [-0.4, -0.2) is 57.1 Å². The Labute approximate surface area is 182 Å². The third kappa shape index (κ3) is 3.89. The lowest BCUT2D eigenvalue weighted by molar-refractivity contribution is 0.371. The van der Waals surface area contributed by atoms with Crippen molar-refractivity contribution in [1.82, 2.24) is 30.0 Å². The van der Waals surface area contributed by atoms with Crippen molar-refractivity contribution in [3.8, 4) is 22.8 Å². The normalized spacial score (nSPS) is 11.2. The van der Waals surface area contributed by atoms with Gasteiger partial charge >= 0.3 is 0 Å². The van der Waals surface area contributed by atoms with Crippen molar-refractivity contribution < 1.29 is 18.6 Å².